The van der Waals surface area contributed by atoms with Gasteiger partial charge in [0.1, 0.15) is 0 Å². The summed E-state index contributed by atoms with van der Waals surface area (Å²) in [6, 6.07) is 5.39. The highest BCUT2D eigenvalue weighted by atomic mass is 79.9. The topological polar surface area (TPSA) is 37.4 Å². The SMILES string of the molecule is CCC1CCCCN1S(=O)(=O)c1cc(Br)ccc1Br. The molecule has 1 fully saturated rings. The molecule has 0 radical (unpaired) electrons. The highest BCUT2D eigenvalue weighted by molar-refractivity contribution is 9.11. The number of hydrogen-bond donors (Lipinski definition) is 0. The second kappa shape index (κ2) is 6.24. The number of rotatable bonds is 3. The van der Waals surface area contributed by atoms with E-state index in [1.807, 2.05) is 6.07 Å². The fourth-order valence-corrected chi connectivity index (χ4v) is 5.73. The smallest absolute Gasteiger partial charge is 0.207 e. The molecular weight excluding hydrogens is 394 g/mol. The first-order valence-corrected chi connectivity index (χ1v) is 9.46. The van der Waals surface area contributed by atoms with Gasteiger partial charge in [0.25, 0.3) is 0 Å². The molecule has 1 aliphatic rings. The molecule has 0 aliphatic carbocycles. The second-order valence-corrected chi connectivity index (χ2v) is 8.38. The second-order valence-electron chi connectivity index (χ2n) is 4.75. The van der Waals surface area contributed by atoms with E-state index in [0.717, 1.165) is 30.2 Å². The lowest BCUT2D eigenvalue weighted by atomic mass is 10.0. The molecule has 0 N–H and O–H groups in total. The summed E-state index contributed by atoms with van der Waals surface area (Å²) in [5, 5.41) is 0. The maximum atomic E-state index is 12.8. The quantitative estimate of drug-likeness (QED) is 0.749. The number of benzene rings is 1. The Bertz CT molecular complexity index is 560. The van der Waals surface area contributed by atoms with Gasteiger partial charge in [-0.15, -0.1) is 0 Å². The van der Waals surface area contributed by atoms with E-state index in [1.165, 1.54) is 0 Å². The molecule has 0 saturated carbocycles. The van der Waals surface area contributed by atoms with Crippen LogP contribution in [0, 0.1) is 0 Å². The van der Waals surface area contributed by atoms with E-state index < -0.39 is 10.0 Å². The van der Waals surface area contributed by atoms with E-state index in [9.17, 15) is 8.42 Å². The van der Waals surface area contributed by atoms with Gasteiger partial charge < -0.3 is 0 Å². The number of sulfonamides is 1. The normalized spacial score (nSPS) is 21.5. The highest BCUT2D eigenvalue weighted by Crippen LogP contribution is 2.32. The third-order valence-electron chi connectivity index (χ3n) is 3.52. The predicted octanol–water partition coefficient (Wildman–Crippen LogP) is 4.16. The molecule has 1 aromatic rings. The van der Waals surface area contributed by atoms with Gasteiger partial charge in [0.2, 0.25) is 10.0 Å². The molecule has 1 atom stereocenters. The molecule has 1 aliphatic heterocycles. The summed E-state index contributed by atoms with van der Waals surface area (Å²) >= 11 is 6.69. The molecule has 1 unspecified atom stereocenters. The van der Waals surface area contributed by atoms with E-state index in [4.69, 9.17) is 0 Å². The van der Waals surface area contributed by atoms with Crippen molar-refractivity contribution < 1.29 is 8.42 Å². The van der Waals surface area contributed by atoms with Crippen molar-refractivity contribution in [1.82, 2.24) is 4.31 Å². The van der Waals surface area contributed by atoms with Gasteiger partial charge in [-0.2, -0.15) is 4.31 Å². The zero-order chi connectivity index (χ0) is 14.0. The standard InChI is InChI=1S/C13H17Br2NO2S/c1-2-11-5-3-4-8-16(11)19(17,18)13-9-10(14)6-7-12(13)15/h6-7,9,11H,2-5,8H2,1H3. The Hall–Kier alpha value is 0.0900. The lowest BCUT2D eigenvalue weighted by molar-refractivity contribution is 0.246. The first kappa shape index (κ1) is 15.5. The molecule has 6 heteroatoms. The molecular formula is C13H17Br2NO2S. The zero-order valence-electron chi connectivity index (χ0n) is 10.8. The van der Waals surface area contributed by atoms with Gasteiger partial charge in [-0.25, -0.2) is 8.42 Å². The maximum Gasteiger partial charge on any atom is 0.244 e. The van der Waals surface area contributed by atoms with Gasteiger partial charge in [0, 0.05) is 21.5 Å². The van der Waals surface area contributed by atoms with Crippen molar-refractivity contribution in [2.45, 2.75) is 43.5 Å². The van der Waals surface area contributed by atoms with Crippen LogP contribution >= 0.6 is 31.9 Å². The largest absolute Gasteiger partial charge is 0.244 e. The Kier molecular flexibility index (Phi) is 5.09. The Balaban J connectivity index is 2.43. The van der Waals surface area contributed by atoms with Gasteiger partial charge in [-0.3, -0.25) is 0 Å². The molecule has 19 heavy (non-hydrogen) atoms. The van der Waals surface area contributed by atoms with Crippen molar-refractivity contribution in [3.63, 3.8) is 0 Å². The molecule has 0 aromatic heterocycles. The van der Waals surface area contributed by atoms with Crippen molar-refractivity contribution in [2.24, 2.45) is 0 Å². The molecule has 0 amide bonds. The number of halogens is 2. The summed E-state index contributed by atoms with van der Waals surface area (Å²) in [7, 11) is -3.42. The minimum Gasteiger partial charge on any atom is -0.207 e. The van der Waals surface area contributed by atoms with E-state index in [-0.39, 0.29) is 6.04 Å². The summed E-state index contributed by atoms with van der Waals surface area (Å²) in [6.07, 6.45) is 3.89. The van der Waals surface area contributed by atoms with Crippen molar-refractivity contribution in [1.29, 1.82) is 0 Å². The van der Waals surface area contributed by atoms with Gasteiger partial charge in [-0.1, -0.05) is 29.3 Å². The van der Waals surface area contributed by atoms with Crippen LogP contribution < -0.4 is 0 Å². The molecule has 1 heterocycles. The average Bonchev–Trinajstić information content (AvgIpc) is 2.41. The minimum atomic E-state index is -3.42. The van der Waals surface area contributed by atoms with Crippen LogP contribution in [0.25, 0.3) is 0 Å². The van der Waals surface area contributed by atoms with E-state index in [0.29, 0.717) is 15.9 Å². The lowest BCUT2D eigenvalue weighted by Gasteiger charge is -2.34. The highest BCUT2D eigenvalue weighted by Gasteiger charge is 2.33. The first-order valence-electron chi connectivity index (χ1n) is 6.43. The predicted molar refractivity (Wildman–Crippen MR) is 83.7 cm³/mol. The third kappa shape index (κ3) is 3.23. The minimum absolute atomic E-state index is 0.129. The Morgan fingerprint density at radius 3 is 2.74 bits per heavy atom. The van der Waals surface area contributed by atoms with Crippen molar-refractivity contribution in [2.75, 3.05) is 6.54 Å². The van der Waals surface area contributed by atoms with Crippen LogP contribution in [-0.4, -0.2) is 25.3 Å². The van der Waals surface area contributed by atoms with Gasteiger partial charge in [-0.05, 0) is 53.4 Å². The Labute approximate surface area is 131 Å². The number of hydrogen-bond acceptors (Lipinski definition) is 2. The van der Waals surface area contributed by atoms with Crippen molar-refractivity contribution in [3.8, 4) is 0 Å². The fraction of sp³-hybridized carbons (Fsp3) is 0.538. The van der Waals surface area contributed by atoms with E-state index in [2.05, 4.69) is 38.8 Å². The van der Waals surface area contributed by atoms with E-state index >= 15 is 0 Å². The van der Waals surface area contributed by atoms with Crippen LogP contribution in [-0.2, 0) is 10.0 Å². The summed E-state index contributed by atoms with van der Waals surface area (Å²) in [4.78, 5) is 0.349. The lowest BCUT2D eigenvalue weighted by Crippen LogP contribution is -2.43. The monoisotopic (exact) mass is 409 g/mol. The first-order chi connectivity index (χ1) is 8.96. The third-order valence-corrected chi connectivity index (χ3v) is 6.96. The van der Waals surface area contributed by atoms with Crippen LogP contribution in [0.3, 0.4) is 0 Å². The van der Waals surface area contributed by atoms with Crippen LogP contribution in [0.5, 0.6) is 0 Å². The number of piperidine rings is 1. The summed E-state index contributed by atoms with van der Waals surface area (Å²) in [5.41, 5.74) is 0. The van der Waals surface area contributed by atoms with Crippen LogP contribution in [0.4, 0.5) is 0 Å². The molecule has 1 aromatic carbocycles. The molecule has 106 valence electrons. The van der Waals surface area contributed by atoms with Crippen LogP contribution in [0.2, 0.25) is 0 Å². The van der Waals surface area contributed by atoms with Crippen molar-refractivity contribution >= 4 is 41.9 Å². The maximum absolute atomic E-state index is 12.8. The van der Waals surface area contributed by atoms with Gasteiger partial charge in [0.05, 0.1) is 4.90 Å². The molecule has 3 nitrogen and oxygen atoms in total. The summed E-state index contributed by atoms with van der Waals surface area (Å²) < 4.78 is 28.7. The number of nitrogens with zero attached hydrogens (tertiary/aromatic N) is 1. The molecule has 0 spiro atoms. The van der Waals surface area contributed by atoms with Gasteiger partial charge >= 0.3 is 0 Å². The molecule has 2 rings (SSSR count). The van der Waals surface area contributed by atoms with Gasteiger partial charge in [0.15, 0.2) is 0 Å². The summed E-state index contributed by atoms with van der Waals surface area (Å²) in [5.74, 6) is 0. The van der Waals surface area contributed by atoms with Crippen LogP contribution in [0.15, 0.2) is 32.0 Å². The zero-order valence-corrected chi connectivity index (χ0v) is 14.8. The summed E-state index contributed by atoms with van der Waals surface area (Å²) in [6.45, 7) is 2.67. The average molecular weight is 411 g/mol. The van der Waals surface area contributed by atoms with Crippen LogP contribution in [0.1, 0.15) is 32.6 Å². The fourth-order valence-electron chi connectivity index (χ4n) is 2.50. The molecule has 0 bridgehead atoms. The Morgan fingerprint density at radius 2 is 2.05 bits per heavy atom. The Morgan fingerprint density at radius 1 is 1.32 bits per heavy atom. The van der Waals surface area contributed by atoms with Crippen molar-refractivity contribution in [3.05, 3.63) is 27.1 Å². The van der Waals surface area contributed by atoms with E-state index in [1.54, 1.807) is 16.4 Å². The molecule has 1 saturated heterocycles.